The lowest BCUT2D eigenvalue weighted by atomic mass is 10.2. The zero-order chi connectivity index (χ0) is 14.8. The van der Waals surface area contributed by atoms with Crippen LogP contribution in [0.4, 0.5) is 11.6 Å². The topological polar surface area (TPSA) is 75.2 Å². The van der Waals surface area contributed by atoms with Crippen molar-refractivity contribution in [1.29, 1.82) is 0 Å². The molecule has 0 radical (unpaired) electrons. The van der Waals surface area contributed by atoms with E-state index in [0.717, 1.165) is 11.6 Å². The van der Waals surface area contributed by atoms with E-state index in [1.807, 2.05) is 24.9 Å². The summed E-state index contributed by atoms with van der Waals surface area (Å²) in [5.74, 6) is 2.57. The number of nitrogens with zero attached hydrogens (tertiary/aromatic N) is 3. The third-order valence-electron chi connectivity index (χ3n) is 3.37. The molecule has 0 bridgehead atoms. The molecule has 0 saturated carbocycles. The summed E-state index contributed by atoms with van der Waals surface area (Å²) in [6, 6.07) is 1.82. The third-order valence-corrected chi connectivity index (χ3v) is 5.12. The molecule has 1 unspecified atom stereocenters. The molecule has 6 nitrogen and oxygen atoms in total. The van der Waals surface area contributed by atoms with Gasteiger partial charge >= 0.3 is 0 Å². The number of nitrogens with one attached hydrogen (secondary N) is 1. The average molecular weight is 296 g/mol. The van der Waals surface area contributed by atoms with Gasteiger partial charge in [0.1, 0.15) is 17.5 Å². The average Bonchev–Trinajstić information content (AvgIpc) is 2.75. The standard InChI is InChI=1S/C13H20N4O2S/c1-4-6-14-12-8-13(16-10(2)15-12)17(3)11-5-7-20(18,19)9-11/h4,8,11H,1,5-7,9H2,2-3H3,(H,14,15,16). The van der Waals surface area contributed by atoms with Crippen LogP contribution in [0.2, 0.25) is 0 Å². The van der Waals surface area contributed by atoms with Gasteiger partial charge < -0.3 is 10.2 Å². The van der Waals surface area contributed by atoms with E-state index in [1.165, 1.54) is 0 Å². The van der Waals surface area contributed by atoms with Gasteiger partial charge in [0.2, 0.25) is 0 Å². The molecule has 0 aliphatic carbocycles. The maximum absolute atomic E-state index is 11.6. The van der Waals surface area contributed by atoms with Crippen LogP contribution in [0.25, 0.3) is 0 Å². The number of aryl methyl sites for hydroxylation is 1. The van der Waals surface area contributed by atoms with Crippen LogP contribution in [0.3, 0.4) is 0 Å². The Balaban J connectivity index is 2.19. The van der Waals surface area contributed by atoms with Gasteiger partial charge in [-0.2, -0.15) is 0 Å². The molecule has 1 aliphatic rings. The second-order valence-corrected chi connectivity index (χ2v) is 7.22. The molecule has 1 N–H and O–H groups in total. The summed E-state index contributed by atoms with van der Waals surface area (Å²) in [4.78, 5) is 10.6. The van der Waals surface area contributed by atoms with Gasteiger partial charge in [0.05, 0.1) is 11.5 Å². The molecule has 2 rings (SSSR count). The van der Waals surface area contributed by atoms with Crippen LogP contribution < -0.4 is 10.2 Å². The van der Waals surface area contributed by atoms with Crippen molar-refractivity contribution < 1.29 is 8.42 Å². The molecule has 2 heterocycles. The molecule has 20 heavy (non-hydrogen) atoms. The summed E-state index contributed by atoms with van der Waals surface area (Å²) in [6.07, 6.45) is 2.40. The first-order valence-electron chi connectivity index (χ1n) is 6.55. The lowest BCUT2D eigenvalue weighted by Gasteiger charge is -2.25. The van der Waals surface area contributed by atoms with Gasteiger partial charge in [0.15, 0.2) is 9.84 Å². The van der Waals surface area contributed by atoms with Crippen molar-refractivity contribution in [3.8, 4) is 0 Å². The quantitative estimate of drug-likeness (QED) is 0.817. The number of sulfone groups is 1. The highest BCUT2D eigenvalue weighted by atomic mass is 32.2. The first-order valence-corrected chi connectivity index (χ1v) is 8.37. The molecule has 0 amide bonds. The number of anilines is 2. The molecule has 1 atom stereocenters. The maximum atomic E-state index is 11.6. The number of hydrogen-bond donors (Lipinski definition) is 1. The third kappa shape index (κ3) is 3.47. The van der Waals surface area contributed by atoms with Crippen molar-refractivity contribution in [2.24, 2.45) is 0 Å². The number of hydrogen-bond acceptors (Lipinski definition) is 6. The van der Waals surface area contributed by atoms with Crippen LogP contribution in [-0.2, 0) is 9.84 Å². The maximum Gasteiger partial charge on any atom is 0.152 e. The van der Waals surface area contributed by atoms with Crippen molar-refractivity contribution in [1.82, 2.24) is 9.97 Å². The van der Waals surface area contributed by atoms with E-state index in [0.29, 0.717) is 18.8 Å². The molecular formula is C13H20N4O2S. The summed E-state index contributed by atoms with van der Waals surface area (Å²) in [5, 5.41) is 3.12. The van der Waals surface area contributed by atoms with Crippen LogP contribution in [-0.4, -0.2) is 49.5 Å². The van der Waals surface area contributed by atoms with Crippen molar-refractivity contribution in [3.63, 3.8) is 0 Å². The first kappa shape index (κ1) is 14.8. The summed E-state index contributed by atoms with van der Waals surface area (Å²) < 4.78 is 23.1. The van der Waals surface area contributed by atoms with Crippen LogP contribution in [0.15, 0.2) is 18.7 Å². The van der Waals surface area contributed by atoms with E-state index in [1.54, 1.807) is 6.08 Å². The van der Waals surface area contributed by atoms with Crippen molar-refractivity contribution in [3.05, 3.63) is 24.5 Å². The van der Waals surface area contributed by atoms with Gasteiger partial charge in [-0.25, -0.2) is 18.4 Å². The summed E-state index contributed by atoms with van der Waals surface area (Å²) in [5.41, 5.74) is 0. The molecule has 7 heteroatoms. The van der Waals surface area contributed by atoms with E-state index < -0.39 is 9.84 Å². The van der Waals surface area contributed by atoms with E-state index in [2.05, 4.69) is 21.9 Å². The minimum absolute atomic E-state index is 0.0124. The Morgan fingerprint density at radius 3 is 2.90 bits per heavy atom. The van der Waals surface area contributed by atoms with Gasteiger partial charge in [-0.15, -0.1) is 6.58 Å². The highest BCUT2D eigenvalue weighted by molar-refractivity contribution is 7.91. The van der Waals surface area contributed by atoms with Crippen molar-refractivity contribution in [2.45, 2.75) is 19.4 Å². The van der Waals surface area contributed by atoms with E-state index in [4.69, 9.17) is 0 Å². The molecule has 0 spiro atoms. The second kappa shape index (κ2) is 5.78. The highest BCUT2D eigenvalue weighted by Gasteiger charge is 2.31. The van der Waals surface area contributed by atoms with Gasteiger partial charge in [0, 0.05) is 25.7 Å². The monoisotopic (exact) mass is 296 g/mol. The smallest absolute Gasteiger partial charge is 0.152 e. The second-order valence-electron chi connectivity index (χ2n) is 5.00. The van der Waals surface area contributed by atoms with Gasteiger partial charge in [0.25, 0.3) is 0 Å². The van der Waals surface area contributed by atoms with Crippen LogP contribution >= 0.6 is 0 Å². The molecule has 1 aliphatic heterocycles. The first-order chi connectivity index (χ1) is 9.41. The molecule has 1 fully saturated rings. The predicted octanol–water partition coefficient (Wildman–Crippen LogP) is 1.01. The van der Waals surface area contributed by atoms with Crippen LogP contribution in [0.5, 0.6) is 0 Å². The Bertz CT molecular complexity index is 600. The van der Waals surface area contributed by atoms with E-state index >= 15 is 0 Å². The predicted molar refractivity (Wildman–Crippen MR) is 80.9 cm³/mol. The van der Waals surface area contributed by atoms with Crippen molar-refractivity contribution in [2.75, 3.05) is 35.3 Å². The summed E-state index contributed by atoms with van der Waals surface area (Å²) in [6.45, 7) is 6.10. The fourth-order valence-corrected chi connectivity index (χ4v) is 4.04. The molecular weight excluding hydrogens is 276 g/mol. The zero-order valence-corrected chi connectivity index (χ0v) is 12.7. The molecule has 1 aromatic rings. The number of rotatable bonds is 5. The molecule has 110 valence electrons. The normalized spacial score (nSPS) is 20.6. The lowest BCUT2D eigenvalue weighted by Crippen LogP contribution is -2.33. The Hall–Kier alpha value is -1.63. The van der Waals surface area contributed by atoms with Gasteiger partial charge in [-0.1, -0.05) is 6.08 Å². The Kier molecular flexibility index (Phi) is 4.27. The Morgan fingerprint density at radius 1 is 1.55 bits per heavy atom. The van der Waals surface area contributed by atoms with E-state index in [-0.39, 0.29) is 17.5 Å². The Morgan fingerprint density at radius 2 is 2.30 bits per heavy atom. The van der Waals surface area contributed by atoms with Gasteiger partial charge in [-0.05, 0) is 13.3 Å². The van der Waals surface area contributed by atoms with E-state index in [9.17, 15) is 8.42 Å². The summed E-state index contributed by atoms with van der Waals surface area (Å²) in [7, 11) is -1.02. The SMILES string of the molecule is C=CCNc1cc(N(C)C2CCS(=O)(=O)C2)nc(C)n1. The fourth-order valence-electron chi connectivity index (χ4n) is 2.27. The van der Waals surface area contributed by atoms with Crippen LogP contribution in [0, 0.1) is 6.92 Å². The summed E-state index contributed by atoms with van der Waals surface area (Å²) >= 11 is 0. The molecule has 1 saturated heterocycles. The molecule has 0 aromatic carbocycles. The largest absolute Gasteiger partial charge is 0.366 e. The van der Waals surface area contributed by atoms with Gasteiger partial charge in [-0.3, -0.25) is 0 Å². The van der Waals surface area contributed by atoms with Crippen LogP contribution in [0.1, 0.15) is 12.2 Å². The highest BCUT2D eigenvalue weighted by Crippen LogP contribution is 2.23. The fraction of sp³-hybridized carbons (Fsp3) is 0.538. The lowest BCUT2D eigenvalue weighted by molar-refractivity contribution is 0.600. The Labute approximate surface area is 119 Å². The molecule has 1 aromatic heterocycles. The minimum atomic E-state index is -2.90. The number of aromatic nitrogens is 2. The minimum Gasteiger partial charge on any atom is -0.366 e. The van der Waals surface area contributed by atoms with Crippen molar-refractivity contribution >= 4 is 21.5 Å². The zero-order valence-electron chi connectivity index (χ0n) is 11.8.